The number of H-pyrrole nitrogens is 1. The highest BCUT2D eigenvalue weighted by molar-refractivity contribution is 6.30. The van der Waals surface area contributed by atoms with Crippen molar-refractivity contribution in [1.82, 2.24) is 4.98 Å². The van der Waals surface area contributed by atoms with Gasteiger partial charge in [0.25, 0.3) is 0 Å². The zero-order chi connectivity index (χ0) is 14.7. The van der Waals surface area contributed by atoms with E-state index in [2.05, 4.69) is 15.6 Å². The van der Waals surface area contributed by atoms with Gasteiger partial charge in [0.15, 0.2) is 0 Å². The molecule has 7 heteroatoms. The maximum atomic E-state index is 11.8. The average Bonchev–Trinajstić information content (AvgIpc) is 2.73. The molecule has 0 saturated carbocycles. The van der Waals surface area contributed by atoms with Gasteiger partial charge in [0, 0.05) is 16.4 Å². The van der Waals surface area contributed by atoms with Crippen molar-refractivity contribution in [3.05, 3.63) is 46.7 Å². The lowest BCUT2D eigenvalue weighted by molar-refractivity contribution is 0.0692. The van der Waals surface area contributed by atoms with Crippen molar-refractivity contribution in [2.24, 2.45) is 0 Å². The summed E-state index contributed by atoms with van der Waals surface area (Å²) >= 11 is 5.74. The molecule has 20 heavy (non-hydrogen) atoms. The van der Waals surface area contributed by atoms with Gasteiger partial charge in [-0.1, -0.05) is 11.6 Å². The second-order valence-electron chi connectivity index (χ2n) is 4.13. The minimum absolute atomic E-state index is 0.0613. The summed E-state index contributed by atoms with van der Waals surface area (Å²) in [7, 11) is 0. The molecule has 2 rings (SSSR count). The Kier molecular flexibility index (Phi) is 3.95. The van der Waals surface area contributed by atoms with E-state index in [1.54, 1.807) is 37.3 Å². The Labute approximate surface area is 119 Å². The molecule has 0 aliphatic heterocycles. The largest absolute Gasteiger partial charge is 0.477 e. The summed E-state index contributed by atoms with van der Waals surface area (Å²) < 4.78 is 0. The predicted molar refractivity (Wildman–Crippen MR) is 76.6 cm³/mol. The molecule has 0 radical (unpaired) electrons. The third kappa shape index (κ3) is 3.30. The van der Waals surface area contributed by atoms with Gasteiger partial charge in [-0.05, 0) is 37.3 Å². The monoisotopic (exact) mass is 293 g/mol. The van der Waals surface area contributed by atoms with E-state index in [0.29, 0.717) is 16.4 Å². The van der Waals surface area contributed by atoms with Crippen molar-refractivity contribution in [2.75, 3.05) is 10.6 Å². The molecule has 4 N–H and O–H groups in total. The summed E-state index contributed by atoms with van der Waals surface area (Å²) in [6.45, 7) is 1.70. The van der Waals surface area contributed by atoms with E-state index in [0.717, 1.165) is 0 Å². The first kappa shape index (κ1) is 14.0. The zero-order valence-corrected chi connectivity index (χ0v) is 11.3. The Morgan fingerprint density at radius 2 is 1.85 bits per heavy atom. The van der Waals surface area contributed by atoms with Crippen molar-refractivity contribution in [3.63, 3.8) is 0 Å². The highest BCUT2D eigenvalue weighted by atomic mass is 35.5. The van der Waals surface area contributed by atoms with Crippen molar-refractivity contribution < 1.29 is 14.7 Å². The van der Waals surface area contributed by atoms with Crippen LogP contribution in [0.5, 0.6) is 0 Å². The first-order valence-corrected chi connectivity index (χ1v) is 6.10. The normalized spacial score (nSPS) is 10.1. The molecule has 0 bridgehead atoms. The highest BCUT2D eigenvalue weighted by Crippen LogP contribution is 2.18. The number of aryl methyl sites for hydroxylation is 1. The number of amides is 2. The smallest absolute Gasteiger partial charge is 0.354 e. The Hall–Kier alpha value is -2.47. The van der Waals surface area contributed by atoms with Gasteiger partial charge in [-0.3, -0.25) is 0 Å². The Bertz CT molecular complexity index is 649. The molecule has 1 aromatic heterocycles. The highest BCUT2D eigenvalue weighted by Gasteiger charge is 2.15. The van der Waals surface area contributed by atoms with Crippen LogP contribution in [0.2, 0.25) is 5.02 Å². The molecule has 0 unspecified atom stereocenters. The molecule has 0 atom stereocenters. The molecule has 0 saturated heterocycles. The van der Waals surface area contributed by atoms with Crippen LogP contribution >= 0.6 is 11.6 Å². The number of halogens is 1. The Morgan fingerprint density at radius 3 is 2.45 bits per heavy atom. The van der Waals surface area contributed by atoms with Crippen LogP contribution in [0.25, 0.3) is 0 Å². The molecule has 0 spiro atoms. The van der Waals surface area contributed by atoms with Gasteiger partial charge >= 0.3 is 12.0 Å². The quantitative estimate of drug-likeness (QED) is 0.699. The number of anilines is 2. The van der Waals surface area contributed by atoms with Crippen LogP contribution < -0.4 is 10.6 Å². The summed E-state index contributed by atoms with van der Waals surface area (Å²) in [5.41, 5.74) is 1.34. The molecular formula is C13H12ClN3O3. The minimum Gasteiger partial charge on any atom is -0.477 e. The molecule has 104 valence electrons. The molecule has 6 nitrogen and oxygen atoms in total. The first-order chi connectivity index (χ1) is 9.45. The number of hydrogen-bond acceptors (Lipinski definition) is 2. The molecule has 2 aromatic rings. The van der Waals surface area contributed by atoms with E-state index >= 15 is 0 Å². The van der Waals surface area contributed by atoms with Crippen LogP contribution in [0.3, 0.4) is 0 Å². The molecule has 0 aliphatic rings. The molecule has 0 aliphatic carbocycles. The van der Waals surface area contributed by atoms with Crippen LogP contribution in [0.1, 0.15) is 16.2 Å². The van der Waals surface area contributed by atoms with Crippen LogP contribution in [-0.4, -0.2) is 22.1 Å². The number of carbonyl (C=O) groups excluding carboxylic acids is 1. The topological polar surface area (TPSA) is 94.2 Å². The maximum absolute atomic E-state index is 11.8. The fourth-order valence-corrected chi connectivity index (χ4v) is 1.80. The Morgan fingerprint density at radius 1 is 1.20 bits per heavy atom. The number of aromatic carboxylic acids is 1. The van der Waals surface area contributed by atoms with E-state index in [1.807, 2.05) is 0 Å². The summed E-state index contributed by atoms with van der Waals surface area (Å²) in [6.07, 6.45) is 0. The van der Waals surface area contributed by atoms with Gasteiger partial charge in [0.05, 0.1) is 5.69 Å². The lowest BCUT2D eigenvalue weighted by Crippen LogP contribution is -2.20. The third-order valence-corrected chi connectivity index (χ3v) is 2.77. The van der Waals surface area contributed by atoms with Gasteiger partial charge < -0.3 is 20.7 Å². The van der Waals surface area contributed by atoms with Gasteiger partial charge in [-0.2, -0.15) is 0 Å². The lowest BCUT2D eigenvalue weighted by Gasteiger charge is -2.07. The second kappa shape index (κ2) is 5.66. The summed E-state index contributed by atoms with van der Waals surface area (Å²) in [6, 6.07) is 7.57. The number of urea groups is 1. The van der Waals surface area contributed by atoms with Gasteiger partial charge in [0.1, 0.15) is 5.69 Å². The summed E-state index contributed by atoms with van der Waals surface area (Å²) in [5.74, 6) is -1.14. The third-order valence-electron chi connectivity index (χ3n) is 2.52. The molecule has 0 fully saturated rings. The number of carboxylic acid groups (broad SMARTS) is 1. The van der Waals surface area contributed by atoms with Crippen LogP contribution in [0, 0.1) is 6.92 Å². The number of nitrogens with one attached hydrogen (secondary N) is 3. The first-order valence-electron chi connectivity index (χ1n) is 5.72. The number of carboxylic acids is 1. The van der Waals surface area contributed by atoms with E-state index in [1.165, 1.54) is 0 Å². The SMILES string of the molecule is Cc1cc(NC(=O)Nc2ccc(Cl)cc2)c(C(=O)O)[nH]1. The number of carbonyl (C=O) groups is 2. The second-order valence-corrected chi connectivity index (χ2v) is 4.57. The fraction of sp³-hybridized carbons (Fsp3) is 0.0769. The number of aromatic amines is 1. The minimum atomic E-state index is -1.14. The van der Waals surface area contributed by atoms with E-state index in [4.69, 9.17) is 16.7 Å². The molecule has 1 heterocycles. The Balaban J connectivity index is 2.08. The standard InChI is InChI=1S/C13H12ClN3O3/c1-7-6-10(11(15-7)12(18)19)17-13(20)16-9-4-2-8(14)3-5-9/h2-6,15H,1H3,(H,18,19)(H2,16,17,20). The van der Waals surface area contributed by atoms with Crippen LogP contribution in [0.15, 0.2) is 30.3 Å². The van der Waals surface area contributed by atoms with Crippen molar-refractivity contribution in [3.8, 4) is 0 Å². The van der Waals surface area contributed by atoms with E-state index in [-0.39, 0.29) is 11.4 Å². The predicted octanol–water partition coefficient (Wildman–Crippen LogP) is 3.32. The number of benzene rings is 1. The molecular weight excluding hydrogens is 282 g/mol. The maximum Gasteiger partial charge on any atom is 0.354 e. The molecule has 1 aromatic carbocycles. The number of rotatable bonds is 3. The molecule has 2 amide bonds. The van der Waals surface area contributed by atoms with Crippen molar-refractivity contribution >= 4 is 35.0 Å². The van der Waals surface area contributed by atoms with Crippen LogP contribution in [-0.2, 0) is 0 Å². The lowest BCUT2D eigenvalue weighted by atomic mass is 10.3. The average molecular weight is 294 g/mol. The van der Waals surface area contributed by atoms with Gasteiger partial charge in [-0.15, -0.1) is 0 Å². The van der Waals surface area contributed by atoms with Crippen LogP contribution in [0.4, 0.5) is 16.2 Å². The van der Waals surface area contributed by atoms with E-state index < -0.39 is 12.0 Å². The number of hydrogen-bond donors (Lipinski definition) is 4. The van der Waals surface area contributed by atoms with Crippen molar-refractivity contribution in [2.45, 2.75) is 6.92 Å². The van der Waals surface area contributed by atoms with Gasteiger partial charge in [0.2, 0.25) is 0 Å². The summed E-state index contributed by atoms with van der Waals surface area (Å²) in [5, 5.41) is 14.6. The van der Waals surface area contributed by atoms with E-state index in [9.17, 15) is 9.59 Å². The fourth-order valence-electron chi connectivity index (χ4n) is 1.67. The summed E-state index contributed by atoms with van der Waals surface area (Å²) in [4.78, 5) is 25.4. The number of aromatic nitrogens is 1. The van der Waals surface area contributed by atoms with Gasteiger partial charge in [-0.25, -0.2) is 9.59 Å². The van der Waals surface area contributed by atoms with Crippen molar-refractivity contribution in [1.29, 1.82) is 0 Å². The zero-order valence-electron chi connectivity index (χ0n) is 10.5.